The molecule has 3 nitrogen and oxygen atoms in total. The van der Waals surface area contributed by atoms with Gasteiger partial charge in [0.2, 0.25) is 0 Å². The lowest BCUT2D eigenvalue weighted by atomic mass is 9.87. The Bertz CT molecular complexity index is 531. The number of unbranched alkanes of at least 4 members (excludes halogenated alkanes) is 8. The zero-order valence-electron chi connectivity index (χ0n) is 21.9. The van der Waals surface area contributed by atoms with Crippen molar-refractivity contribution in [3.05, 3.63) is 35.4 Å². The van der Waals surface area contributed by atoms with Crippen molar-refractivity contribution in [2.45, 2.75) is 130 Å². The van der Waals surface area contributed by atoms with Crippen LogP contribution in [0.2, 0.25) is 0 Å². The van der Waals surface area contributed by atoms with Crippen LogP contribution in [-0.4, -0.2) is 25.8 Å². The van der Waals surface area contributed by atoms with Gasteiger partial charge in [-0.3, -0.25) is 0 Å². The molecule has 0 saturated heterocycles. The van der Waals surface area contributed by atoms with Crippen molar-refractivity contribution in [2.24, 2.45) is 0 Å². The molecule has 0 radical (unpaired) electrons. The highest BCUT2D eigenvalue weighted by Gasteiger charge is 2.44. The predicted octanol–water partition coefficient (Wildman–Crippen LogP) is 8.93. The number of rotatable bonds is 21. The number of aryl methyl sites for hydroxylation is 1. The highest BCUT2D eigenvalue weighted by atomic mass is 16.9. The first-order valence-electron chi connectivity index (χ1n) is 13.6. The standard InChI is InChI=1S/C29H52O3/c1-6-10-14-15-16-17-22-28(27-21-19-18-20-26(27)5)29(30-23-11-7-2,31-24-12-8-3)32-25-13-9-4/h18-21,28H,6-17,22-25H2,1-5H3. The van der Waals surface area contributed by atoms with Crippen molar-refractivity contribution in [2.75, 3.05) is 19.8 Å². The molecule has 0 aliphatic carbocycles. The molecule has 1 unspecified atom stereocenters. The average Bonchev–Trinajstić information content (AvgIpc) is 2.79. The Morgan fingerprint density at radius 1 is 0.625 bits per heavy atom. The van der Waals surface area contributed by atoms with E-state index in [-0.39, 0.29) is 5.92 Å². The summed E-state index contributed by atoms with van der Waals surface area (Å²) in [5, 5.41) is 0. The van der Waals surface area contributed by atoms with E-state index in [1.54, 1.807) is 0 Å². The van der Waals surface area contributed by atoms with Crippen LogP contribution in [0.4, 0.5) is 0 Å². The Hall–Kier alpha value is -0.900. The van der Waals surface area contributed by atoms with Crippen LogP contribution >= 0.6 is 0 Å². The molecular formula is C29H52O3. The van der Waals surface area contributed by atoms with E-state index in [0.29, 0.717) is 19.8 Å². The Morgan fingerprint density at radius 2 is 1.09 bits per heavy atom. The molecule has 0 N–H and O–H groups in total. The molecule has 1 atom stereocenters. The topological polar surface area (TPSA) is 27.7 Å². The number of benzene rings is 1. The molecule has 3 heteroatoms. The van der Waals surface area contributed by atoms with E-state index in [1.807, 2.05) is 0 Å². The summed E-state index contributed by atoms with van der Waals surface area (Å²) in [5.41, 5.74) is 2.61. The smallest absolute Gasteiger partial charge is 0.290 e. The van der Waals surface area contributed by atoms with Gasteiger partial charge < -0.3 is 14.2 Å². The zero-order chi connectivity index (χ0) is 23.5. The first-order chi connectivity index (χ1) is 15.6. The third-order valence-corrected chi connectivity index (χ3v) is 6.24. The summed E-state index contributed by atoms with van der Waals surface area (Å²) in [4.78, 5) is 0. The molecule has 1 aromatic carbocycles. The first-order valence-corrected chi connectivity index (χ1v) is 13.6. The third-order valence-electron chi connectivity index (χ3n) is 6.24. The molecule has 0 bridgehead atoms. The first kappa shape index (κ1) is 29.1. The van der Waals surface area contributed by atoms with Crippen molar-refractivity contribution in [3.63, 3.8) is 0 Å². The Morgan fingerprint density at radius 3 is 1.59 bits per heavy atom. The summed E-state index contributed by atoms with van der Waals surface area (Å²) in [7, 11) is 0. The Labute approximate surface area is 199 Å². The Balaban J connectivity index is 3.18. The average molecular weight is 449 g/mol. The molecule has 1 aromatic rings. The molecule has 0 aliphatic rings. The highest BCUT2D eigenvalue weighted by molar-refractivity contribution is 5.30. The lowest BCUT2D eigenvalue weighted by Gasteiger charge is -2.40. The van der Waals surface area contributed by atoms with E-state index >= 15 is 0 Å². The normalized spacial score (nSPS) is 12.9. The molecule has 32 heavy (non-hydrogen) atoms. The second kappa shape index (κ2) is 18.5. The molecule has 0 spiro atoms. The van der Waals surface area contributed by atoms with E-state index in [9.17, 15) is 0 Å². The van der Waals surface area contributed by atoms with Gasteiger partial charge in [0.15, 0.2) is 0 Å². The Kier molecular flexibility index (Phi) is 16.9. The fraction of sp³-hybridized carbons (Fsp3) is 0.793. The maximum absolute atomic E-state index is 6.59. The second-order valence-corrected chi connectivity index (χ2v) is 9.18. The van der Waals surface area contributed by atoms with Crippen LogP contribution in [0.3, 0.4) is 0 Å². The maximum Gasteiger partial charge on any atom is 0.290 e. The predicted molar refractivity (Wildman–Crippen MR) is 137 cm³/mol. The van der Waals surface area contributed by atoms with Gasteiger partial charge >= 0.3 is 0 Å². The summed E-state index contributed by atoms with van der Waals surface area (Å²) < 4.78 is 19.8. The van der Waals surface area contributed by atoms with Crippen molar-refractivity contribution in [3.8, 4) is 0 Å². The van der Waals surface area contributed by atoms with Crippen molar-refractivity contribution in [1.29, 1.82) is 0 Å². The molecule has 0 heterocycles. The van der Waals surface area contributed by atoms with Crippen LogP contribution in [0.15, 0.2) is 24.3 Å². The fourth-order valence-corrected chi connectivity index (χ4v) is 4.13. The van der Waals surface area contributed by atoms with E-state index in [0.717, 1.165) is 44.9 Å². The number of hydrogen-bond donors (Lipinski definition) is 0. The molecule has 0 saturated carbocycles. The number of ether oxygens (including phenoxy) is 3. The second-order valence-electron chi connectivity index (χ2n) is 9.18. The quantitative estimate of drug-likeness (QED) is 0.139. The summed E-state index contributed by atoms with van der Waals surface area (Å²) >= 11 is 0. The molecule has 0 amide bonds. The summed E-state index contributed by atoms with van der Waals surface area (Å²) in [6.45, 7) is 13.1. The van der Waals surface area contributed by atoms with Gasteiger partial charge in [-0.1, -0.05) is 110 Å². The van der Waals surface area contributed by atoms with Gasteiger partial charge in [-0.05, 0) is 43.7 Å². The van der Waals surface area contributed by atoms with Gasteiger partial charge in [-0.15, -0.1) is 0 Å². The fourth-order valence-electron chi connectivity index (χ4n) is 4.13. The monoisotopic (exact) mass is 448 g/mol. The van der Waals surface area contributed by atoms with Gasteiger partial charge in [0, 0.05) is 0 Å². The summed E-state index contributed by atoms with van der Waals surface area (Å²) in [6.07, 6.45) is 15.1. The molecule has 0 fully saturated rings. The lowest BCUT2D eigenvalue weighted by Crippen LogP contribution is -2.46. The molecule has 186 valence electrons. The SMILES string of the molecule is CCCCCCCCC(c1ccccc1C)C(OCCCC)(OCCCC)OCCCC. The minimum atomic E-state index is -0.991. The minimum absolute atomic E-state index is 0.0837. The van der Waals surface area contributed by atoms with Crippen LogP contribution < -0.4 is 0 Å². The number of hydrogen-bond acceptors (Lipinski definition) is 3. The molecule has 1 rings (SSSR count). The van der Waals surface area contributed by atoms with Gasteiger partial charge in [0.25, 0.3) is 5.97 Å². The van der Waals surface area contributed by atoms with Crippen LogP contribution in [0.5, 0.6) is 0 Å². The van der Waals surface area contributed by atoms with Crippen molar-refractivity contribution < 1.29 is 14.2 Å². The van der Waals surface area contributed by atoms with Crippen molar-refractivity contribution in [1.82, 2.24) is 0 Å². The van der Waals surface area contributed by atoms with Crippen LogP contribution in [0, 0.1) is 6.92 Å². The van der Waals surface area contributed by atoms with Gasteiger partial charge in [-0.2, -0.15) is 0 Å². The van der Waals surface area contributed by atoms with E-state index < -0.39 is 5.97 Å². The lowest BCUT2D eigenvalue weighted by molar-refractivity contribution is -0.393. The largest absolute Gasteiger partial charge is 0.327 e. The van der Waals surface area contributed by atoms with Crippen LogP contribution in [-0.2, 0) is 14.2 Å². The van der Waals surface area contributed by atoms with Gasteiger partial charge in [0.1, 0.15) is 0 Å². The summed E-state index contributed by atoms with van der Waals surface area (Å²) in [5.74, 6) is -0.907. The van der Waals surface area contributed by atoms with E-state index in [2.05, 4.69) is 58.9 Å². The van der Waals surface area contributed by atoms with Gasteiger partial charge in [0.05, 0.1) is 25.7 Å². The van der Waals surface area contributed by atoms with Crippen LogP contribution in [0.1, 0.15) is 128 Å². The summed E-state index contributed by atoms with van der Waals surface area (Å²) in [6, 6.07) is 8.72. The highest BCUT2D eigenvalue weighted by Crippen LogP contribution is 2.40. The molecule has 0 aromatic heterocycles. The maximum atomic E-state index is 6.59. The minimum Gasteiger partial charge on any atom is -0.327 e. The molecule has 0 aliphatic heterocycles. The van der Waals surface area contributed by atoms with Gasteiger partial charge in [-0.25, -0.2) is 0 Å². The van der Waals surface area contributed by atoms with E-state index in [1.165, 1.54) is 49.7 Å². The third kappa shape index (κ3) is 10.8. The van der Waals surface area contributed by atoms with Crippen LogP contribution in [0.25, 0.3) is 0 Å². The molecular weight excluding hydrogens is 396 g/mol. The zero-order valence-corrected chi connectivity index (χ0v) is 21.9. The van der Waals surface area contributed by atoms with E-state index in [4.69, 9.17) is 14.2 Å². The van der Waals surface area contributed by atoms with Crippen molar-refractivity contribution >= 4 is 0 Å².